The summed E-state index contributed by atoms with van der Waals surface area (Å²) in [6.45, 7) is 3.26. The Balaban J connectivity index is 2.12. The molecule has 0 aromatic carbocycles. The van der Waals surface area contributed by atoms with Crippen LogP contribution in [0.15, 0.2) is 4.99 Å². The first-order valence-corrected chi connectivity index (χ1v) is 6.01. The zero-order chi connectivity index (χ0) is 8.81. The van der Waals surface area contributed by atoms with Crippen molar-refractivity contribution in [1.29, 1.82) is 0 Å². The number of hydrogen-bond acceptors (Lipinski definition) is 3. The molecule has 1 N–H and O–H groups in total. The molecule has 1 aliphatic rings. The number of amidine groups is 1. The van der Waals surface area contributed by atoms with Gasteiger partial charge in [-0.2, -0.15) is 11.8 Å². The van der Waals surface area contributed by atoms with Gasteiger partial charge in [-0.15, -0.1) is 0 Å². The van der Waals surface area contributed by atoms with E-state index < -0.39 is 0 Å². The average Bonchev–Trinajstić information content (AvgIpc) is 2.53. The van der Waals surface area contributed by atoms with Gasteiger partial charge in [0, 0.05) is 19.0 Å². The molecule has 0 amide bonds. The van der Waals surface area contributed by atoms with Gasteiger partial charge in [-0.05, 0) is 31.8 Å². The topological polar surface area (TPSA) is 24.4 Å². The molecule has 2 nitrogen and oxygen atoms in total. The van der Waals surface area contributed by atoms with Gasteiger partial charge in [-0.1, -0.05) is 0 Å². The molecule has 0 bridgehead atoms. The van der Waals surface area contributed by atoms with Crippen molar-refractivity contribution in [3.05, 3.63) is 0 Å². The molecule has 0 aromatic heterocycles. The van der Waals surface area contributed by atoms with Crippen LogP contribution in [-0.4, -0.2) is 30.4 Å². The molecule has 1 unspecified atom stereocenters. The predicted molar refractivity (Wildman–Crippen MR) is 57.1 cm³/mol. The van der Waals surface area contributed by atoms with E-state index in [1.165, 1.54) is 24.4 Å². The Bertz CT molecular complexity index is 157. The summed E-state index contributed by atoms with van der Waals surface area (Å²) in [6, 6.07) is 0.592. The van der Waals surface area contributed by atoms with Gasteiger partial charge in [-0.3, -0.25) is 4.99 Å². The Hall–Kier alpha value is -0.180. The van der Waals surface area contributed by atoms with Crippen LogP contribution < -0.4 is 5.32 Å². The van der Waals surface area contributed by atoms with Crippen LogP contribution >= 0.6 is 11.8 Å². The molecular weight excluding hydrogens is 168 g/mol. The average molecular weight is 186 g/mol. The first-order chi connectivity index (χ1) is 5.83. The van der Waals surface area contributed by atoms with Gasteiger partial charge in [0.1, 0.15) is 0 Å². The van der Waals surface area contributed by atoms with Crippen LogP contribution in [0.5, 0.6) is 0 Å². The van der Waals surface area contributed by atoms with Gasteiger partial charge in [0.15, 0.2) is 0 Å². The molecule has 1 rings (SSSR count). The Morgan fingerprint density at radius 3 is 3.08 bits per heavy atom. The normalized spacial score (nSPS) is 19.0. The highest BCUT2D eigenvalue weighted by atomic mass is 32.2. The summed E-state index contributed by atoms with van der Waals surface area (Å²) < 4.78 is 0. The van der Waals surface area contributed by atoms with Crippen LogP contribution in [0.3, 0.4) is 0 Å². The van der Waals surface area contributed by atoms with Crippen molar-refractivity contribution in [2.24, 2.45) is 4.99 Å². The minimum absolute atomic E-state index is 0.592. The van der Waals surface area contributed by atoms with Crippen molar-refractivity contribution in [2.45, 2.75) is 32.2 Å². The van der Waals surface area contributed by atoms with Gasteiger partial charge in [0.2, 0.25) is 0 Å². The lowest BCUT2D eigenvalue weighted by Gasteiger charge is -2.13. The Morgan fingerprint density at radius 1 is 1.67 bits per heavy atom. The quantitative estimate of drug-likeness (QED) is 0.725. The van der Waals surface area contributed by atoms with Crippen molar-refractivity contribution < 1.29 is 0 Å². The van der Waals surface area contributed by atoms with E-state index in [1.54, 1.807) is 0 Å². The smallest absolute Gasteiger partial charge is 0.0965 e. The third-order valence-electron chi connectivity index (χ3n) is 2.04. The van der Waals surface area contributed by atoms with Gasteiger partial charge < -0.3 is 5.32 Å². The van der Waals surface area contributed by atoms with Crippen LogP contribution in [-0.2, 0) is 0 Å². The highest BCUT2D eigenvalue weighted by Gasteiger charge is 2.08. The first kappa shape index (κ1) is 9.90. The summed E-state index contributed by atoms with van der Waals surface area (Å²) in [5.74, 6) is 2.46. The molecule has 1 atom stereocenters. The molecule has 0 saturated carbocycles. The van der Waals surface area contributed by atoms with Crippen LogP contribution in [0.25, 0.3) is 0 Å². The van der Waals surface area contributed by atoms with E-state index in [4.69, 9.17) is 0 Å². The minimum Gasteiger partial charge on any atom is -0.371 e. The molecule has 3 heteroatoms. The number of thioether (sulfide) groups is 1. The molecule has 70 valence electrons. The fraction of sp³-hybridized carbons (Fsp3) is 0.889. The maximum atomic E-state index is 4.38. The maximum Gasteiger partial charge on any atom is 0.0965 e. The first-order valence-electron chi connectivity index (χ1n) is 4.61. The molecule has 12 heavy (non-hydrogen) atoms. The number of aliphatic imine (C=N–C) groups is 1. The molecule has 1 aliphatic heterocycles. The minimum atomic E-state index is 0.592. The summed E-state index contributed by atoms with van der Waals surface area (Å²) in [5.41, 5.74) is 0. The van der Waals surface area contributed by atoms with E-state index in [9.17, 15) is 0 Å². The molecule has 0 fully saturated rings. The van der Waals surface area contributed by atoms with Crippen molar-refractivity contribution in [2.75, 3.05) is 18.6 Å². The maximum absolute atomic E-state index is 4.38. The standard InChI is InChI=1S/C9H18N2S/c1-8(5-7-12-2)11-9-4-3-6-10-9/h8H,3-7H2,1-2H3,(H,10,11). The summed E-state index contributed by atoms with van der Waals surface area (Å²) in [5, 5.41) is 3.45. The number of nitrogens with one attached hydrogen (secondary N) is 1. The summed E-state index contributed by atoms with van der Waals surface area (Å²) in [6.07, 6.45) is 5.78. The number of hydrogen-bond donors (Lipinski definition) is 1. The van der Waals surface area contributed by atoms with Gasteiger partial charge >= 0.3 is 0 Å². The Labute approximate surface area is 79.2 Å². The van der Waals surface area contributed by atoms with E-state index in [0.29, 0.717) is 6.04 Å². The monoisotopic (exact) mass is 186 g/mol. The van der Waals surface area contributed by atoms with Crippen molar-refractivity contribution in [1.82, 2.24) is 5.32 Å². The molecular formula is C9H18N2S. The van der Waals surface area contributed by atoms with Crippen LogP contribution in [0.2, 0.25) is 0 Å². The van der Waals surface area contributed by atoms with E-state index in [1.807, 2.05) is 11.8 Å². The van der Waals surface area contributed by atoms with Crippen molar-refractivity contribution >= 4 is 17.6 Å². The highest BCUT2D eigenvalue weighted by Crippen LogP contribution is 2.05. The molecule has 0 spiro atoms. The lowest BCUT2D eigenvalue weighted by molar-refractivity contribution is 0.642. The molecule has 1 heterocycles. The van der Waals surface area contributed by atoms with Gasteiger partial charge in [-0.25, -0.2) is 0 Å². The molecule has 0 saturated heterocycles. The summed E-state index contributed by atoms with van der Waals surface area (Å²) in [7, 11) is 0. The van der Waals surface area contributed by atoms with Crippen LogP contribution in [0, 0.1) is 0 Å². The van der Waals surface area contributed by atoms with Crippen LogP contribution in [0.1, 0.15) is 26.2 Å². The Kier molecular flexibility index (Phi) is 4.51. The van der Waals surface area contributed by atoms with E-state index in [-0.39, 0.29) is 0 Å². The van der Waals surface area contributed by atoms with Crippen molar-refractivity contribution in [3.63, 3.8) is 0 Å². The number of rotatable bonds is 4. The van der Waals surface area contributed by atoms with Crippen LogP contribution in [0.4, 0.5) is 0 Å². The zero-order valence-corrected chi connectivity index (χ0v) is 8.78. The lowest BCUT2D eigenvalue weighted by atomic mass is 10.2. The van der Waals surface area contributed by atoms with Gasteiger partial charge in [0.05, 0.1) is 5.84 Å². The second-order valence-corrected chi connectivity index (χ2v) is 4.24. The SMILES string of the molecule is CSCCC(C)NC1=NCCC1. The molecule has 0 aromatic rings. The summed E-state index contributed by atoms with van der Waals surface area (Å²) in [4.78, 5) is 4.38. The second kappa shape index (κ2) is 5.46. The molecule has 0 radical (unpaired) electrons. The molecule has 0 aliphatic carbocycles. The zero-order valence-electron chi connectivity index (χ0n) is 7.97. The van der Waals surface area contributed by atoms with Crippen molar-refractivity contribution in [3.8, 4) is 0 Å². The second-order valence-electron chi connectivity index (χ2n) is 3.26. The fourth-order valence-electron chi connectivity index (χ4n) is 1.31. The third-order valence-corrected chi connectivity index (χ3v) is 2.69. The third kappa shape index (κ3) is 3.48. The lowest BCUT2D eigenvalue weighted by Crippen LogP contribution is -2.31. The largest absolute Gasteiger partial charge is 0.371 e. The summed E-state index contributed by atoms with van der Waals surface area (Å²) >= 11 is 1.91. The van der Waals surface area contributed by atoms with E-state index >= 15 is 0 Å². The van der Waals surface area contributed by atoms with E-state index in [0.717, 1.165) is 13.0 Å². The van der Waals surface area contributed by atoms with Gasteiger partial charge in [0.25, 0.3) is 0 Å². The fourth-order valence-corrected chi connectivity index (χ4v) is 1.90. The van der Waals surface area contributed by atoms with E-state index in [2.05, 4.69) is 23.5 Å². The highest BCUT2D eigenvalue weighted by molar-refractivity contribution is 7.98. The predicted octanol–water partition coefficient (Wildman–Crippen LogP) is 1.91. The Morgan fingerprint density at radius 2 is 2.50 bits per heavy atom. The number of nitrogens with zero attached hydrogens (tertiary/aromatic N) is 1.